The molecule has 0 radical (unpaired) electrons. The maximum absolute atomic E-state index is 5.53. The summed E-state index contributed by atoms with van der Waals surface area (Å²) in [4.78, 5) is 1.84. The van der Waals surface area contributed by atoms with E-state index in [2.05, 4.69) is 48.5 Å². The van der Waals surface area contributed by atoms with Crippen LogP contribution in [0.2, 0.25) is 0 Å². The highest BCUT2D eigenvalue weighted by molar-refractivity contribution is 5.41. The van der Waals surface area contributed by atoms with E-state index >= 15 is 0 Å². The van der Waals surface area contributed by atoms with Gasteiger partial charge < -0.3 is 9.64 Å². The minimum absolute atomic E-state index is 0.611. The van der Waals surface area contributed by atoms with Crippen LogP contribution in [0.5, 0.6) is 5.75 Å². The summed E-state index contributed by atoms with van der Waals surface area (Å²) in [5.41, 5.74) is 4.53. The van der Waals surface area contributed by atoms with Gasteiger partial charge in [-0.1, -0.05) is 36.4 Å². The van der Waals surface area contributed by atoms with Crippen molar-refractivity contribution in [3.63, 3.8) is 0 Å². The minimum atomic E-state index is 0.611. The Morgan fingerprint density at radius 2 is 1.83 bits per heavy atom. The molecule has 24 heavy (non-hydrogen) atoms. The van der Waals surface area contributed by atoms with E-state index in [1.54, 1.807) is 7.11 Å². The van der Waals surface area contributed by atoms with Gasteiger partial charge in [0.1, 0.15) is 5.75 Å². The number of likely N-dealkylation sites (tertiary alicyclic amines) is 1. The van der Waals surface area contributed by atoms with E-state index in [4.69, 9.17) is 4.74 Å². The highest BCUT2D eigenvalue weighted by Gasteiger charge is 2.37. The Balaban J connectivity index is 1.70. The number of hydrogen-bond acceptors (Lipinski definition) is 1. The fraction of sp³-hybridized carbons (Fsp3) is 0.455. The summed E-state index contributed by atoms with van der Waals surface area (Å²) in [5, 5.41) is 0. The van der Waals surface area contributed by atoms with Crippen LogP contribution in [0.15, 0.2) is 48.5 Å². The molecule has 2 aliphatic rings. The Morgan fingerprint density at radius 3 is 2.58 bits per heavy atom. The summed E-state index contributed by atoms with van der Waals surface area (Å²) >= 11 is 0. The van der Waals surface area contributed by atoms with Crippen LogP contribution in [0.25, 0.3) is 0 Å². The average molecular weight is 322 g/mol. The van der Waals surface area contributed by atoms with Crippen molar-refractivity contribution in [2.45, 2.75) is 44.1 Å². The van der Waals surface area contributed by atoms with E-state index in [9.17, 15) is 0 Å². The average Bonchev–Trinajstić information content (AvgIpc) is 3.17. The molecule has 1 fully saturated rings. The van der Waals surface area contributed by atoms with Crippen molar-refractivity contribution in [1.82, 2.24) is 0 Å². The number of nitrogens with one attached hydrogen (secondary N) is 1. The molecule has 2 unspecified atom stereocenters. The van der Waals surface area contributed by atoms with Gasteiger partial charge in [-0.3, -0.25) is 0 Å². The van der Waals surface area contributed by atoms with Crippen LogP contribution in [0.1, 0.15) is 41.9 Å². The second-order valence-corrected chi connectivity index (χ2v) is 7.37. The number of ether oxygens (including phenoxy) is 1. The SMILES string of the molecule is COc1ccc2c(c1)C(Cc1ccccc1)C([NH+]1CCCC1)CC2. The van der Waals surface area contributed by atoms with Crippen molar-refractivity contribution in [2.75, 3.05) is 20.2 Å². The molecule has 1 saturated heterocycles. The van der Waals surface area contributed by atoms with Crippen LogP contribution >= 0.6 is 0 Å². The van der Waals surface area contributed by atoms with Gasteiger partial charge in [-0.15, -0.1) is 0 Å². The zero-order valence-corrected chi connectivity index (χ0v) is 14.6. The fourth-order valence-corrected chi connectivity index (χ4v) is 4.81. The first kappa shape index (κ1) is 15.7. The lowest BCUT2D eigenvalue weighted by Gasteiger charge is -2.37. The van der Waals surface area contributed by atoms with Crippen LogP contribution < -0.4 is 9.64 Å². The number of fused-ring (bicyclic) bond motifs is 1. The standard InChI is InChI=1S/C22H27NO/c1-24-19-11-9-18-10-12-22(23-13-5-6-14-23)21(20(18)16-19)15-17-7-3-2-4-8-17/h2-4,7-9,11,16,21-22H,5-6,10,12-15H2,1H3/p+1. The van der Waals surface area contributed by atoms with Crippen LogP contribution in [0.3, 0.4) is 0 Å². The van der Waals surface area contributed by atoms with Gasteiger partial charge >= 0.3 is 0 Å². The molecule has 1 aliphatic heterocycles. The largest absolute Gasteiger partial charge is 0.497 e. The molecule has 0 saturated carbocycles. The van der Waals surface area contributed by atoms with Crippen molar-refractivity contribution < 1.29 is 9.64 Å². The summed E-state index contributed by atoms with van der Waals surface area (Å²) in [5.74, 6) is 1.61. The van der Waals surface area contributed by atoms with Crippen molar-refractivity contribution >= 4 is 0 Å². The quantitative estimate of drug-likeness (QED) is 0.913. The molecular weight excluding hydrogens is 294 g/mol. The van der Waals surface area contributed by atoms with Gasteiger partial charge in [0.15, 0.2) is 0 Å². The van der Waals surface area contributed by atoms with Gasteiger partial charge in [-0.2, -0.15) is 0 Å². The van der Waals surface area contributed by atoms with E-state index in [0.717, 1.165) is 18.2 Å². The van der Waals surface area contributed by atoms with Gasteiger partial charge in [0.05, 0.1) is 26.2 Å². The number of benzene rings is 2. The first-order chi connectivity index (χ1) is 11.8. The lowest BCUT2D eigenvalue weighted by molar-refractivity contribution is -0.916. The van der Waals surface area contributed by atoms with Crippen molar-refractivity contribution in [3.8, 4) is 5.75 Å². The number of quaternary nitrogens is 1. The predicted molar refractivity (Wildman–Crippen MR) is 97.9 cm³/mol. The smallest absolute Gasteiger partial charge is 0.119 e. The second-order valence-electron chi connectivity index (χ2n) is 7.37. The van der Waals surface area contributed by atoms with E-state index in [1.165, 1.54) is 55.5 Å². The predicted octanol–water partition coefficient (Wildman–Crippen LogP) is 3.02. The summed E-state index contributed by atoms with van der Waals surface area (Å²) in [6.45, 7) is 2.71. The third-order valence-electron chi connectivity index (χ3n) is 6.03. The summed E-state index contributed by atoms with van der Waals surface area (Å²) in [6, 6.07) is 18.5. The minimum Gasteiger partial charge on any atom is -0.497 e. The van der Waals surface area contributed by atoms with E-state index in [1.807, 2.05) is 4.90 Å². The molecule has 0 amide bonds. The van der Waals surface area contributed by atoms with Crippen molar-refractivity contribution in [2.24, 2.45) is 0 Å². The summed E-state index contributed by atoms with van der Waals surface area (Å²) in [6.07, 6.45) is 6.49. The maximum Gasteiger partial charge on any atom is 0.119 e. The molecule has 2 aromatic rings. The van der Waals surface area contributed by atoms with Crippen molar-refractivity contribution in [1.29, 1.82) is 0 Å². The van der Waals surface area contributed by atoms with Gasteiger partial charge in [0.25, 0.3) is 0 Å². The third-order valence-corrected chi connectivity index (χ3v) is 6.03. The van der Waals surface area contributed by atoms with Crippen LogP contribution in [0.4, 0.5) is 0 Å². The molecule has 4 rings (SSSR count). The highest BCUT2D eigenvalue weighted by Crippen LogP contribution is 2.36. The molecule has 2 aromatic carbocycles. The Hall–Kier alpha value is -1.80. The lowest BCUT2D eigenvalue weighted by atomic mass is 9.75. The molecule has 0 bridgehead atoms. The topological polar surface area (TPSA) is 13.7 Å². The first-order valence-corrected chi connectivity index (χ1v) is 9.40. The molecule has 1 heterocycles. The molecule has 2 atom stereocenters. The number of methoxy groups -OCH3 is 1. The van der Waals surface area contributed by atoms with E-state index in [-0.39, 0.29) is 0 Å². The number of rotatable bonds is 4. The molecule has 0 spiro atoms. The van der Waals surface area contributed by atoms with E-state index < -0.39 is 0 Å². The van der Waals surface area contributed by atoms with Crippen molar-refractivity contribution in [3.05, 3.63) is 65.2 Å². The van der Waals surface area contributed by atoms with Gasteiger partial charge in [0, 0.05) is 25.2 Å². The Labute approximate surface area is 145 Å². The maximum atomic E-state index is 5.53. The van der Waals surface area contributed by atoms with Crippen LogP contribution in [-0.4, -0.2) is 26.2 Å². The van der Waals surface area contributed by atoms with Crippen LogP contribution in [0, 0.1) is 0 Å². The van der Waals surface area contributed by atoms with Crippen LogP contribution in [-0.2, 0) is 12.8 Å². The molecule has 1 aliphatic carbocycles. The lowest BCUT2D eigenvalue weighted by Crippen LogP contribution is -3.14. The molecule has 2 nitrogen and oxygen atoms in total. The third kappa shape index (κ3) is 3.08. The fourth-order valence-electron chi connectivity index (χ4n) is 4.81. The molecule has 1 N–H and O–H groups in total. The number of aryl methyl sites for hydroxylation is 1. The summed E-state index contributed by atoms with van der Waals surface area (Å²) < 4.78 is 5.53. The van der Waals surface area contributed by atoms with E-state index in [0.29, 0.717) is 5.92 Å². The Bertz CT molecular complexity index is 676. The Kier molecular flexibility index (Phi) is 4.57. The van der Waals surface area contributed by atoms with Gasteiger partial charge in [0.2, 0.25) is 0 Å². The Morgan fingerprint density at radius 1 is 1.04 bits per heavy atom. The normalized spacial score (nSPS) is 23.9. The highest BCUT2D eigenvalue weighted by atomic mass is 16.5. The van der Waals surface area contributed by atoms with Gasteiger partial charge in [-0.25, -0.2) is 0 Å². The zero-order chi connectivity index (χ0) is 16.4. The first-order valence-electron chi connectivity index (χ1n) is 9.40. The molecule has 2 heteroatoms. The summed E-state index contributed by atoms with van der Waals surface area (Å²) in [7, 11) is 1.78. The molecule has 126 valence electrons. The molecule has 0 aromatic heterocycles. The molecular formula is C22H28NO+. The number of hydrogen-bond donors (Lipinski definition) is 1. The second kappa shape index (κ2) is 6.98. The van der Waals surface area contributed by atoms with Gasteiger partial charge in [-0.05, 0) is 41.7 Å². The zero-order valence-electron chi connectivity index (χ0n) is 14.6. The monoisotopic (exact) mass is 322 g/mol.